The minimum Gasteiger partial charge on any atom is -0.490 e. The summed E-state index contributed by atoms with van der Waals surface area (Å²) in [5.74, 6) is 0.949. The highest BCUT2D eigenvalue weighted by atomic mass is 16.5. The Morgan fingerprint density at radius 3 is 2.85 bits per heavy atom. The van der Waals surface area contributed by atoms with Crippen LogP contribution in [0.25, 0.3) is 0 Å². The van der Waals surface area contributed by atoms with Crippen LogP contribution in [-0.2, 0) is 6.42 Å². The minimum atomic E-state index is 0.751. The van der Waals surface area contributed by atoms with Gasteiger partial charge in [-0.05, 0) is 52.0 Å². The van der Waals surface area contributed by atoms with Crippen molar-refractivity contribution in [1.82, 2.24) is 14.8 Å². The lowest BCUT2D eigenvalue weighted by Gasteiger charge is -2.20. The summed E-state index contributed by atoms with van der Waals surface area (Å²) in [5, 5.41) is 0. The van der Waals surface area contributed by atoms with Gasteiger partial charge in [-0.15, -0.1) is 0 Å². The fourth-order valence-electron chi connectivity index (χ4n) is 2.59. The van der Waals surface area contributed by atoms with E-state index < -0.39 is 0 Å². The first-order valence-electron chi connectivity index (χ1n) is 7.69. The van der Waals surface area contributed by atoms with Crippen LogP contribution in [0.4, 0.5) is 0 Å². The fraction of sp³-hybridized carbons (Fsp3) is 0.688. The molecule has 0 atom stereocenters. The van der Waals surface area contributed by atoms with Gasteiger partial charge in [0.2, 0.25) is 0 Å². The molecule has 4 nitrogen and oxygen atoms in total. The number of hydrogen-bond acceptors (Lipinski definition) is 4. The Hall–Kier alpha value is -1.13. The summed E-state index contributed by atoms with van der Waals surface area (Å²) in [5.41, 5.74) is 2.13. The molecule has 2 heterocycles. The molecule has 1 saturated heterocycles. The third-order valence-corrected chi connectivity index (χ3v) is 3.88. The molecule has 0 amide bonds. The third kappa shape index (κ3) is 4.46. The summed E-state index contributed by atoms with van der Waals surface area (Å²) < 4.78 is 5.94. The lowest BCUT2D eigenvalue weighted by molar-refractivity contribution is 0.211. The van der Waals surface area contributed by atoms with Gasteiger partial charge < -0.3 is 9.64 Å². The van der Waals surface area contributed by atoms with Crippen molar-refractivity contribution >= 4 is 0 Å². The van der Waals surface area contributed by atoms with Crippen LogP contribution in [-0.4, -0.2) is 61.2 Å². The number of rotatable bonds is 5. The summed E-state index contributed by atoms with van der Waals surface area (Å²) in [4.78, 5) is 9.44. The van der Waals surface area contributed by atoms with Crippen LogP contribution in [0.2, 0.25) is 0 Å². The van der Waals surface area contributed by atoms with E-state index in [1.165, 1.54) is 19.5 Å². The Bertz CT molecular complexity index is 422. The van der Waals surface area contributed by atoms with E-state index in [1.54, 1.807) is 0 Å². The predicted molar refractivity (Wildman–Crippen MR) is 82.4 cm³/mol. The molecule has 0 saturated carbocycles. The first kappa shape index (κ1) is 15.3. The van der Waals surface area contributed by atoms with Crippen molar-refractivity contribution in [3.63, 3.8) is 0 Å². The van der Waals surface area contributed by atoms with Crippen LogP contribution in [0.15, 0.2) is 12.1 Å². The maximum Gasteiger partial charge on any atom is 0.140 e. The molecular weight excluding hydrogens is 250 g/mol. The molecule has 0 aromatic carbocycles. The number of ether oxygens (including phenoxy) is 1. The van der Waals surface area contributed by atoms with Gasteiger partial charge in [0.15, 0.2) is 0 Å². The first-order chi connectivity index (χ1) is 9.69. The Balaban J connectivity index is 1.80. The largest absolute Gasteiger partial charge is 0.490 e. The van der Waals surface area contributed by atoms with Gasteiger partial charge in [0.25, 0.3) is 0 Å². The molecule has 1 aliphatic rings. The fourth-order valence-corrected chi connectivity index (χ4v) is 2.59. The summed E-state index contributed by atoms with van der Waals surface area (Å²) in [6.07, 6.45) is 2.17. The average Bonchev–Trinajstić information content (AvgIpc) is 2.65. The van der Waals surface area contributed by atoms with E-state index in [2.05, 4.69) is 34.8 Å². The van der Waals surface area contributed by atoms with Gasteiger partial charge in [0, 0.05) is 25.3 Å². The number of pyridine rings is 1. The van der Waals surface area contributed by atoms with E-state index in [0.717, 1.165) is 49.8 Å². The number of likely N-dealkylation sites (N-methyl/N-ethyl adjacent to an activating group) is 1. The molecule has 0 bridgehead atoms. The lowest BCUT2D eigenvalue weighted by atomic mass is 10.2. The quantitative estimate of drug-likeness (QED) is 0.823. The molecular formula is C16H27N3O. The summed E-state index contributed by atoms with van der Waals surface area (Å²) in [6, 6.07) is 4.08. The normalized spacial score (nSPS) is 17.9. The molecule has 0 unspecified atom stereocenters. The standard InChI is InChI=1S/C16H27N3O/c1-4-15-16(7-6-14(2)17-15)20-13-12-19-9-5-8-18(3)10-11-19/h6-7H,4-5,8-13H2,1-3H3. The van der Waals surface area contributed by atoms with E-state index >= 15 is 0 Å². The van der Waals surface area contributed by atoms with E-state index in [1.807, 2.05) is 13.0 Å². The van der Waals surface area contributed by atoms with Crippen molar-refractivity contribution in [3.8, 4) is 5.75 Å². The molecule has 112 valence electrons. The summed E-state index contributed by atoms with van der Waals surface area (Å²) in [6.45, 7) is 10.6. The van der Waals surface area contributed by atoms with E-state index in [0.29, 0.717) is 0 Å². The molecule has 1 fully saturated rings. The smallest absolute Gasteiger partial charge is 0.140 e. The molecule has 0 radical (unpaired) electrons. The maximum absolute atomic E-state index is 5.94. The Kier molecular flexibility index (Phi) is 5.80. The van der Waals surface area contributed by atoms with Crippen molar-refractivity contribution in [1.29, 1.82) is 0 Å². The van der Waals surface area contributed by atoms with Crippen molar-refractivity contribution in [2.24, 2.45) is 0 Å². The van der Waals surface area contributed by atoms with Crippen LogP contribution < -0.4 is 4.74 Å². The second-order valence-corrected chi connectivity index (χ2v) is 5.60. The summed E-state index contributed by atoms with van der Waals surface area (Å²) in [7, 11) is 2.20. The number of hydrogen-bond donors (Lipinski definition) is 0. The zero-order valence-corrected chi connectivity index (χ0v) is 13.1. The average molecular weight is 277 g/mol. The maximum atomic E-state index is 5.94. The van der Waals surface area contributed by atoms with Gasteiger partial charge in [0.05, 0.1) is 5.69 Å². The number of nitrogens with zero attached hydrogens (tertiary/aromatic N) is 3. The molecule has 4 heteroatoms. The SMILES string of the molecule is CCc1nc(C)ccc1OCCN1CCCN(C)CC1. The Morgan fingerprint density at radius 2 is 2.05 bits per heavy atom. The molecule has 0 spiro atoms. The highest BCUT2D eigenvalue weighted by molar-refractivity contribution is 5.29. The highest BCUT2D eigenvalue weighted by Gasteiger charge is 2.12. The number of aromatic nitrogens is 1. The topological polar surface area (TPSA) is 28.6 Å². The minimum absolute atomic E-state index is 0.751. The van der Waals surface area contributed by atoms with Crippen LogP contribution in [0, 0.1) is 6.92 Å². The summed E-state index contributed by atoms with van der Waals surface area (Å²) >= 11 is 0. The zero-order chi connectivity index (χ0) is 14.4. The molecule has 2 rings (SSSR count). The van der Waals surface area contributed by atoms with Crippen LogP contribution in [0.1, 0.15) is 24.7 Å². The van der Waals surface area contributed by atoms with Crippen LogP contribution in [0.5, 0.6) is 5.75 Å². The van der Waals surface area contributed by atoms with Gasteiger partial charge >= 0.3 is 0 Å². The van der Waals surface area contributed by atoms with Crippen molar-refractivity contribution in [3.05, 3.63) is 23.5 Å². The van der Waals surface area contributed by atoms with E-state index in [9.17, 15) is 0 Å². The molecule has 1 aromatic rings. The van der Waals surface area contributed by atoms with Crippen molar-refractivity contribution in [2.75, 3.05) is 46.4 Å². The van der Waals surface area contributed by atoms with E-state index in [-0.39, 0.29) is 0 Å². The Labute approximate surface area is 122 Å². The first-order valence-corrected chi connectivity index (χ1v) is 7.69. The van der Waals surface area contributed by atoms with Gasteiger partial charge in [-0.2, -0.15) is 0 Å². The van der Waals surface area contributed by atoms with Gasteiger partial charge in [0.1, 0.15) is 12.4 Å². The van der Waals surface area contributed by atoms with Gasteiger partial charge in [-0.1, -0.05) is 6.92 Å². The predicted octanol–water partition coefficient (Wildman–Crippen LogP) is 1.97. The molecule has 0 aliphatic carbocycles. The van der Waals surface area contributed by atoms with Gasteiger partial charge in [-0.3, -0.25) is 9.88 Å². The van der Waals surface area contributed by atoms with Crippen molar-refractivity contribution < 1.29 is 4.74 Å². The van der Waals surface area contributed by atoms with E-state index in [4.69, 9.17) is 4.74 Å². The van der Waals surface area contributed by atoms with Crippen LogP contribution in [0.3, 0.4) is 0 Å². The molecule has 1 aliphatic heterocycles. The zero-order valence-electron chi connectivity index (χ0n) is 13.1. The monoisotopic (exact) mass is 277 g/mol. The lowest BCUT2D eigenvalue weighted by Crippen LogP contribution is -2.32. The molecule has 1 aromatic heterocycles. The second-order valence-electron chi connectivity index (χ2n) is 5.60. The molecule has 20 heavy (non-hydrogen) atoms. The van der Waals surface area contributed by atoms with Crippen molar-refractivity contribution in [2.45, 2.75) is 26.7 Å². The highest BCUT2D eigenvalue weighted by Crippen LogP contribution is 2.17. The van der Waals surface area contributed by atoms with Crippen LogP contribution >= 0.6 is 0 Å². The Morgan fingerprint density at radius 1 is 1.20 bits per heavy atom. The van der Waals surface area contributed by atoms with Gasteiger partial charge in [-0.25, -0.2) is 0 Å². The molecule has 0 N–H and O–H groups in total. The third-order valence-electron chi connectivity index (χ3n) is 3.88. The number of aryl methyl sites for hydroxylation is 2. The second kappa shape index (κ2) is 7.60.